The molecule has 0 saturated heterocycles. The summed E-state index contributed by atoms with van der Waals surface area (Å²) in [6, 6.07) is 21.0. The number of anilines is 2. The summed E-state index contributed by atoms with van der Waals surface area (Å²) in [6.45, 7) is 0. The zero-order chi connectivity index (χ0) is 20.9. The summed E-state index contributed by atoms with van der Waals surface area (Å²) in [6.07, 6.45) is 0. The molecule has 4 nitrogen and oxygen atoms in total. The number of hydrogen-bond donors (Lipinski definition) is 2. The second-order valence-electron chi connectivity index (χ2n) is 6.85. The fraction of sp³-hybridized carbons (Fsp3) is 0. The molecule has 0 radical (unpaired) electrons. The molecule has 5 heterocycles. The Bertz CT molecular complexity index is 1420. The molecular weight excluding hydrogens is 481 g/mol. The van der Waals surface area contributed by atoms with Crippen molar-refractivity contribution in [1.29, 1.82) is 0 Å². The Balaban J connectivity index is 1.41. The maximum atomic E-state index is 5.91. The molecule has 6 rings (SSSR count). The molecule has 0 aliphatic heterocycles. The summed E-state index contributed by atoms with van der Waals surface area (Å²) in [5.74, 6) is 0. The number of nitrogens with two attached hydrogens (primary N) is 2. The lowest BCUT2D eigenvalue weighted by Gasteiger charge is -2.03. The van der Waals surface area contributed by atoms with Gasteiger partial charge in [0.2, 0.25) is 0 Å². The predicted octanol–water partition coefficient (Wildman–Crippen LogP) is 7.77. The van der Waals surface area contributed by atoms with Crippen LogP contribution in [0.25, 0.3) is 51.4 Å². The van der Waals surface area contributed by atoms with Crippen LogP contribution in [0.5, 0.6) is 0 Å². The predicted molar refractivity (Wildman–Crippen MR) is 139 cm³/mol. The number of aromatic nitrogens is 2. The topological polar surface area (TPSA) is 77.8 Å². The number of fused-ring (bicyclic) bond motifs is 1. The molecular formula is C22H14N4S5. The fourth-order valence-corrected chi connectivity index (χ4v) is 7.83. The van der Waals surface area contributed by atoms with Gasteiger partial charge in [0, 0.05) is 40.4 Å². The Labute approximate surface area is 198 Å². The van der Waals surface area contributed by atoms with Crippen LogP contribution in [0.1, 0.15) is 0 Å². The van der Waals surface area contributed by atoms with Crippen molar-refractivity contribution < 1.29 is 0 Å². The Morgan fingerprint density at radius 2 is 0.839 bits per heavy atom. The van der Waals surface area contributed by atoms with E-state index in [0.29, 0.717) is 0 Å². The SMILES string of the molecule is Nc1ccc(-c2ccc(-c3ccc(-c4ccc(-c5ccc(N)s5)s4)c4nsnc34)s2)s1. The third-order valence-corrected chi connectivity index (χ3v) is 9.88. The maximum absolute atomic E-state index is 5.91. The van der Waals surface area contributed by atoms with E-state index in [1.165, 1.54) is 41.0 Å². The number of nitrogen functional groups attached to an aromatic ring is 2. The lowest BCUT2D eigenvalue weighted by molar-refractivity contribution is 1.63. The van der Waals surface area contributed by atoms with Crippen molar-refractivity contribution in [1.82, 2.24) is 8.75 Å². The Morgan fingerprint density at radius 3 is 1.26 bits per heavy atom. The summed E-state index contributed by atoms with van der Waals surface area (Å²) in [5.41, 5.74) is 16.0. The third-order valence-electron chi connectivity index (χ3n) is 4.90. The van der Waals surface area contributed by atoms with E-state index in [9.17, 15) is 0 Å². The van der Waals surface area contributed by atoms with Crippen molar-refractivity contribution in [2.45, 2.75) is 0 Å². The Morgan fingerprint density at radius 1 is 0.452 bits per heavy atom. The zero-order valence-corrected chi connectivity index (χ0v) is 19.9. The van der Waals surface area contributed by atoms with E-state index >= 15 is 0 Å². The van der Waals surface area contributed by atoms with E-state index in [4.69, 9.17) is 11.5 Å². The van der Waals surface area contributed by atoms with Crippen LogP contribution in [0.2, 0.25) is 0 Å². The van der Waals surface area contributed by atoms with Gasteiger partial charge in [0.15, 0.2) is 0 Å². The highest BCUT2D eigenvalue weighted by Crippen LogP contribution is 2.44. The van der Waals surface area contributed by atoms with E-state index in [0.717, 1.165) is 32.2 Å². The third kappa shape index (κ3) is 3.38. The second-order valence-corrected chi connectivity index (χ2v) is 11.8. The van der Waals surface area contributed by atoms with Gasteiger partial charge in [0.25, 0.3) is 0 Å². The van der Waals surface area contributed by atoms with Gasteiger partial charge in [0.05, 0.1) is 21.7 Å². The zero-order valence-electron chi connectivity index (χ0n) is 15.9. The molecule has 0 spiro atoms. The minimum Gasteiger partial charge on any atom is -0.391 e. The minimum atomic E-state index is 0.834. The summed E-state index contributed by atoms with van der Waals surface area (Å²) < 4.78 is 9.29. The highest BCUT2D eigenvalue weighted by atomic mass is 32.1. The molecule has 0 amide bonds. The van der Waals surface area contributed by atoms with Crippen molar-refractivity contribution in [3.8, 4) is 40.4 Å². The molecule has 0 fully saturated rings. The Hall–Kier alpha value is -2.56. The number of rotatable bonds is 4. The molecule has 0 bridgehead atoms. The Kier molecular flexibility index (Phi) is 4.66. The van der Waals surface area contributed by atoms with Crippen LogP contribution in [0.15, 0.2) is 60.7 Å². The molecule has 0 aliphatic carbocycles. The van der Waals surface area contributed by atoms with Gasteiger partial charge in [-0.25, -0.2) is 0 Å². The van der Waals surface area contributed by atoms with E-state index < -0.39 is 0 Å². The molecule has 0 saturated carbocycles. The van der Waals surface area contributed by atoms with Gasteiger partial charge in [-0.1, -0.05) is 12.1 Å². The van der Waals surface area contributed by atoms with E-state index in [-0.39, 0.29) is 0 Å². The number of hydrogen-bond acceptors (Lipinski definition) is 9. The molecule has 0 atom stereocenters. The van der Waals surface area contributed by atoms with Crippen LogP contribution in [0.4, 0.5) is 10.0 Å². The normalized spacial score (nSPS) is 11.5. The quantitative estimate of drug-likeness (QED) is 0.262. The largest absolute Gasteiger partial charge is 0.391 e. The standard InChI is InChI=1S/C22H14N4S5/c23-19-9-7-17(29-19)15-5-3-13(27-15)11-1-2-12(22-21(11)25-31-26-22)14-4-6-16(28-14)18-8-10-20(24)30-18/h1-10H,23-24H2. The molecule has 5 aromatic heterocycles. The maximum Gasteiger partial charge on any atom is 0.114 e. The average molecular weight is 495 g/mol. The average Bonchev–Trinajstić information content (AvgIpc) is 3.57. The first kappa shape index (κ1) is 19.1. The first-order valence-electron chi connectivity index (χ1n) is 9.33. The molecule has 152 valence electrons. The van der Waals surface area contributed by atoms with Crippen LogP contribution in [0.3, 0.4) is 0 Å². The van der Waals surface area contributed by atoms with E-state index in [2.05, 4.69) is 57.3 Å². The van der Waals surface area contributed by atoms with Gasteiger partial charge < -0.3 is 11.5 Å². The summed E-state index contributed by atoms with van der Waals surface area (Å²) in [7, 11) is 0. The molecule has 1 aromatic carbocycles. The second kappa shape index (κ2) is 7.54. The minimum absolute atomic E-state index is 0.834. The van der Waals surface area contributed by atoms with Crippen molar-refractivity contribution in [3.05, 3.63) is 60.7 Å². The molecule has 6 aromatic rings. The summed E-state index contributed by atoms with van der Waals surface area (Å²) >= 11 is 8.01. The number of benzene rings is 1. The lowest BCUT2D eigenvalue weighted by atomic mass is 10.1. The van der Waals surface area contributed by atoms with Gasteiger partial charge in [-0.15, -0.1) is 45.3 Å². The van der Waals surface area contributed by atoms with E-state index in [1.54, 1.807) is 45.3 Å². The van der Waals surface area contributed by atoms with Crippen LogP contribution in [-0.4, -0.2) is 8.75 Å². The van der Waals surface area contributed by atoms with Gasteiger partial charge in [-0.05, 0) is 48.5 Å². The first-order valence-corrected chi connectivity index (χ1v) is 13.3. The highest BCUT2D eigenvalue weighted by molar-refractivity contribution is 7.26. The fourth-order valence-electron chi connectivity index (χ4n) is 3.46. The van der Waals surface area contributed by atoms with Crippen LogP contribution >= 0.6 is 57.1 Å². The number of nitrogens with zero attached hydrogens (tertiary/aromatic N) is 2. The highest BCUT2D eigenvalue weighted by Gasteiger charge is 2.17. The number of thiophene rings is 4. The van der Waals surface area contributed by atoms with Crippen LogP contribution in [0, 0.1) is 0 Å². The first-order chi connectivity index (χ1) is 15.2. The van der Waals surface area contributed by atoms with Crippen molar-refractivity contribution in [3.63, 3.8) is 0 Å². The van der Waals surface area contributed by atoms with Crippen LogP contribution < -0.4 is 11.5 Å². The van der Waals surface area contributed by atoms with Gasteiger partial charge in [-0.3, -0.25) is 0 Å². The van der Waals surface area contributed by atoms with Gasteiger partial charge >= 0.3 is 0 Å². The lowest BCUT2D eigenvalue weighted by Crippen LogP contribution is -1.81. The van der Waals surface area contributed by atoms with Crippen LogP contribution in [-0.2, 0) is 0 Å². The molecule has 31 heavy (non-hydrogen) atoms. The smallest absolute Gasteiger partial charge is 0.114 e. The monoisotopic (exact) mass is 494 g/mol. The van der Waals surface area contributed by atoms with Gasteiger partial charge in [0.1, 0.15) is 11.0 Å². The van der Waals surface area contributed by atoms with Crippen molar-refractivity contribution in [2.75, 3.05) is 11.5 Å². The van der Waals surface area contributed by atoms with Crippen molar-refractivity contribution in [2.24, 2.45) is 0 Å². The molecule has 0 unspecified atom stereocenters. The van der Waals surface area contributed by atoms with E-state index in [1.807, 2.05) is 12.1 Å². The molecule has 9 heteroatoms. The summed E-state index contributed by atoms with van der Waals surface area (Å²) in [4.78, 5) is 7.20. The molecule has 4 N–H and O–H groups in total. The van der Waals surface area contributed by atoms with Gasteiger partial charge in [-0.2, -0.15) is 8.75 Å². The molecule has 0 aliphatic rings. The van der Waals surface area contributed by atoms with Crippen molar-refractivity contribution >= 4 is 78.1 Å². The summed E-state index contributed by atoms with van der Waals surface area (Å²) in [5, 5.41) is 1.67.